The van der Waals surface area contributed by atoms with E-state index in [0.717, 1.165) is 29.7 Å². The van der Waals surface area contributed by atoms with Crippen LogP contribution in [0, 0.1) is 0 Å². The monoisotopic (exact) mass is 445 g/mol. The summed E-state index contributed by atoms with van der Waals surface area (Å²) < 4.78 is 5.66. The topological polar surface area (TPSA) is 93.5 Å². The van der Waals surface area contributed by atoms with E-state index in [4.69, 9.17) is 10.5 Å². The van der Waals surface area contributed by atoms with Crippen LogP contribution >= 0.6 is 25.3 Å². The number of rotatable bonds is 12. The zero-order valence-electron chi connectivity index (χ0n) is 17.2. The standard InChI is InChI=1S/C18H29N3O3S2.C2H6.CH4/c1-13(22)20-7-3-2-4-17(19)18(23)21-8-9-24-16-6-5-14(11-25)15(10-16)12-26;1-2;/h5-6,10,17,25-26H,2-4,7-9,11-12,19H2,1H3,(H,20,22)(H,21,23);1-2H3;1H4. The average molecular weight is 446 g/mol. The number of unbranched alkanes of at least 4 members (excludes halogenated alkanes) is 1. The predicted molar refractivity (Wildman–Crippen MR) is 129 cm³/mol. The third-order valence-corrected chi connectivity index (χ3v) is 4.52. The quantitative estimate of drug-likeness (QED) is 0.252. The Morgan fingerprint density at radius 2 is 1.72 bits per heavy atom. The fourth-order valence-electron chi connectivity index (χ4n) is 2.35. The van der Waals surface area contributed by atoms with Gasteiger partial charge in [0, 0.05) is 25.0 Å². The lowest BCUT2D eigenvalue weighted by Crippen LogP contribution is -2.42. The van der Waals surface area contributed by atoms with Gasteiger partial charge in [0.15, 0.2) is 0 Å². The number of thiol groups is 2. The zero-order chi connectivity index (χ0) is 21.4. The number of carbonyl (C=O) groups is 2. The SMILES string of the molecule is C.CC.CC(=O)NCCCCC(N)C(=O)NCCOc1ccc(CS)c(CS)c1. The first-order valence-corrected chi connectivity index (χ1v) is 11.0. The number of ether oxygens (including phenoxy) is 1. The summed E-state index contributed by atoms with van der Waals surface area (Å²) in [5.41, 5.74) is 8.09. The number of amides is 2. The summed E-state index contributed by atoms with van der Waals surface area (Å²) in [5.74, 6) is 1.80. The van der Waals surface area contributed by atoms with Gasteiger partial charge in [0.1, 0.15) is 12.4 Å². The minimum absolute atomic E-state index is 0. The molecule has 2 amide bonds. The largest absolute Gasteiger partial charge is 0.492 e. The molecular formula is C21H39N3O3S2. The average Bonchev–Trinajstić information content (AvgIpc) is 2.71. The van der Waals surface area contributed by atoms with Crippen LogP contribution in [-0.2, 0) is 21.1 Å². The lowest BCUT2D eigenvalue weighted by molar-refractivity contribution is -0.122. The van der Waals surface area contributed by atoms with Gasteiger partial charge < -0.3 is 21.1 Å². The molecule has 0 heterocycles. The van der Waals surface area contributed by atoms with Gasteiger partial charge in [0.25, 0.3) is 0 Å². The molecule has 1 aromatic rings. The molecule has 1 rings (SSSR count). The summed E-state index contributed by atoms with van der Waals surface area (Å²) in [7, 11) is 0. The van der Waals surface area contributed by atoms with Crippen LogP contribution in [0.3, 0.4) is 0 Å². The second-order valence-corrected chi connectivity index (χ2v) is 6.60. The highest BCUT2D eigenvalue weighted by Crippen LogP contribution is 2.20. The Kier molecular flexibility index (Phi) is 19.2. The van der Waals surface area contributed by atoms with Crippen molar-refractivity contribution in [1.29, 1.82) is 0 Å². The molecule has 0 bridgehead atoms. The van der Waals surface area contributed by atoms with Crippen molar-refractivity contribution in [3.63, 3.8) is 0 Å². The highest BCUT2D eigenvalue weighted by molar-refractivity contribution is 7.79. The molecule has 168 valence electrons. The summed E-state index contributed by atoms with van der Waals surface area (Å²) in [6.45, 7) is 6.85. The van der Waals surface area contributed by atoms with Gasteiger partial charge in [-0.3, -0.25) is 9.59 Å². The van der Waals surface area contributed by atoms with Crippen LogP contribution in [0.4, 0.5) is 0 Å². The molecule has 0 aliphatic carbocycles. The summed E-state index contributed by atoms with van der Waals surface area (Å²) in [5, 5.41) is 5.49. The van der Waals surface area contributed by atoms with Crippen molar-refractivity contribution >= 4 is 37.1 Å². The molecule has 0 saturated heterocycles. The molecule has 29 heavy (non-hydrogen) atoms. The summed E-state index contributed by atoms with van der Waals surface area (Å²) in [4.78, 5) is 22.7. The highest BCUT2D eigenvalue weighted by atomic mass is 32.1. The maximum absolute atomic E-state index is 11.9. The second kappa shape index (κ2) is 18.6. The fourth-order valence-corrected chi connectivity index (χ4v) is 2.96. The zero-order valence-corrected chi connectivity index (χ0v) is 19.0. The molecule has 0 saturated carbocycles. The third kappa shape index (κ3) is 13.5. The molecule has 4 N–H and O–H groups in total. The van der Waals surface area contributed by atoms with E-state index in [1.165, 1.54) is 6.92 Å². The Morgan fingerprint density at radius 3 is 2.31 bits per heavy atom. The Bertz CT molecular complexity index is 586. The molecule has 0 fully saturated rings. The molecule has 1 unspecified atom stereocenters. The van der Waals surface area contributed by atoms with Crippen molar-refractivity contribution in [1.82, 2.24) is 10.6 Å². The Labute approximate surface area is 187 Å². The molecule has 0 spiro atoms. The molecule has 0 aliphatic heterocycles. The van der Waals surface area contributed by atoms with Crippen LogP contribution in [0.1, 0.15) is 58.6 Å². The first-order valence-electron chi connectivity index (χ1n) is 9.72. The maximum atomic E-state index is 11.9. The van der Waals surface area contributed by atoms with Gasteiger partial charge in [-0.2, -0.15) is 25.3 Å². The fraction of sp³-hybridized carbons (Fsp3) is 0.619. The minimum atomic E-state index is -0.544. The molecule has 0 aliphatic rings. The molecule has 1 atom stereocenters. The van der Waals surface area contributed by atoms with E-state index in [-0.39, 0.29) is 19.2 Å². The van der Waals surface area contributed by atoms with E-state index < -0.39 is 6.04 Å². The first-order chi connectivity index (χ1) is 13.5. The van der Waals surface area contributed by atoms with Crippen LogP contribution in [0.5, 0.6) is 5.75 Å². The van der Waals surface area contributed by atoms with Crippen molar-refractivity contribution in [2.24, 2.45) is 5.73 Å². The van der Waals surface area contributed by atoms with E-state index in [1.54, 1.807) is 0 Å². The van der Waals surface area contributed by atoms with Gasteiger partial charge in [0.2, 0.25) is 11.8 Å². The van der Waals surface area contributed by atoms with Crippen molar-refractivity contribution in [3.05, 3.63) is 29.3 Å². The molecule has 6 nitrogen and oxygen atoms in total. The molecule has 1 aromatic carbocycles. The van der Waals surface area contributed by atoms with Crippen LogP contribution < -0.4 is 21.1 Å². The van der Waals surface area contributed by atoms with Crippen LogP contribution in [0.25, 0.3) is 0 Å². The van der Waals surface area contributed by atoms with Gasteiger partial charge in [0.05, 0.1) is 12.6 Å². The number of benzene rings is 1. The smallest absolute Gasteiger partial charge is 0.237 e. The second-order valence-electron chi connectivity index (χ2n) is 5.97. The minimum Gasteiger partial charge on any atom is -0.492 e. The molecule has 0 aromatic heterocycles. The van der Waals surface area contributed by atoms with Crippen molar-refractivity contribution in [2.45, 2.75) is 65.0 Å². The van der Waals surface area contributed by atoms with Gasteiger partial charge >= 0.3 is 0 Å². The predicted octanol–water partition coefficient (Wildman–Crippen LogP) is 3.34. The number of carbonyl (C=O) groups excluding carboxylic acids is 2. The van der Waals surface area contributed by atoms with E-state index in [0.29, 0.717) is 37.6 Å². The van der Waals surface area contributed by atoms with Gasteiger partial charge in [-0.25, -0.2) is 0 Å². The number of nitrogens with one attached hydrogen (secondary N) is 2. The Balaban J connectivity index is 0. The third-order valence-electron chi connectivity index (χ3n) is 3.84. The van der Waals surface area contributed by atoms with Crippen LogP contribution in [-0.4, -0.2) is 37.6 Å². The lowest BCUT2D eigenvalue weighted by atomic mass is 10.1. The molecule has 8 heteroatoms. The summed E-state index contributed by atoms with van der Waals surface area (Å²) >= 11 is 8.60. The van der Waals surface area contributed by atoms with Gasteiger partial charge in [-0.15, -0.1) is 0 Å². The Hall–Kier alpha value is -1.38. The van der Waals surface area contributed by atoms with Crippen molar-refractivity contribution < 1.29 is 14.3 Å². The van der Waals surface area contributed by atoms with Crippen LogP contribution in [0.2, 0.25) is 0 Å². The van der Waals surface area contributed by atoms with E-state index in [1.807, 2.05) is 32.0 Å². The van der Waals surface area contributed by atoms with Gasteiger partial charge in [-0.1, -0.05) is 27.3 Å². The van der Waals surface area contributed by atoms with Crippen molar-refractivity contribution in [3.8, 4) is 5.75 Å². The van der Waals surface area contributed by atoms with E-state index in [2.05, 4.69) is 35.9 Å². The van der Waals surface area contributed by atoms with E-state index in [9.17, 15) is 9.59 Å². The Morgan fingerprint density at radius 1 is 1.07 bits per heavy atom. The lowest BCUT2D eigenvalue weighted by Gasteiger charge is -2.13. The maximum Gasteiger partial charge on any atom is 0.237 e. The molecule has 0 radical (unpaired) electrons. The van der Waals surface area contributed by atoms with Crippen molar-refractivity contribution in [2.75, 3.05) is 19.7 Å². The molecular weight excluding hydrogens is 406 g/mol. The van der Waals surface area contributed by atoms with Crippen LogP contribution in [0.15, 0.2) is 18.2 Å². The number of hydrogen-bond donors (Lipinski definition) is 5. The normalized spacial score (nSPS) is 10.7. The number of hydrogen-bond acceptors (Lipinski definition) is 6. The van der Waals surface area contributed by atoms with Gasteiger partial charge in [-0.05, 0) is 42.5 Å². The first kappa shape index (κ1) is 29.8. The highest BCUT2D eigenvalue weighted by Gasteiger charge is 2.12. The summed E-state index contributed by atoms with van der Waals surface area (Å²) in [6, 6.07) is 5.27. The van der Waals surface area contributed by atoms with E-state index >= 15 is 0 Å². The number of nitrogens with two attached hydrogens (primary N) is 1. The summed E-state index contributed by atoms with van der Waals surface area (Å²) in [6.07, 6.45) is 2.18.